The summed E-state index contributed by atoms with van der Waals surface area (Å²) in [5, 5.41) is 3.77. The van der Waals surface area contributed by atoms with Crippen molar-refractivity contribution in [1.29, 1.82) is 0 Å². The van der Waals surface area contributed by atoms with Crippen molar-refractivity contribution in [2.24, 2.45) is 0 Å². The lowest BCUT2D eigenvalue weighted by Crippen LogP contribution is -2.29. The van der Waals surface area contributed by atoms with E-state index in [1.54, 1.807) is 0 Å². The number of nitrogens with zero attached hydrogens (tertiary/aromatic N) is 2. The van der Waals surface area contributed by atoms with Gasteiger partial charge >= 0.3 is 0 Å². The molecule has 1 aliphatic rings. The van der Waals surface area contributed by atoms with Gasteiger partial charge in [-0.05, 0) is 31.9 Å². The van der Waals surface area contributed by atoms with E-state index >= 15 is 0 Å². The number of aryl methyl sites for hydroxylation is 1. The highest BCUT2D eigenvalue weighted by molar-refractivity contribution is 7.89. The van der Waals surface area contributed by atoms with Crippen molar-refractivity contribution in [3.63, 3.8) is 0 Å². The summed E-state index contributed by atoms with van der Waals surface area (Å²) in [6.07, 6.45) is 2.12. The molecule has 1 aromatic carbocycles. The van der Waals surface area contributed by atoms with Crippen molar-refractivity contribution in [2.75, 3.05) is 12.4 Å². The van der Waals surface area contributed by atoms with Gasteiger partial charge in [-0.1, -0.05) is 22.9 Å². The Morgan fingerprint density at radius 3 is 2.74 bits per heavy atom. The summed E-state index contributed by atoms with van der Waals surface area (Å²) in [6.45, 7) is 2.09. The fourth-order valence-electron chi connectivity index (χ4n) is 1.99. The molecule has 1 aromatic heterocycles. The first-order valence-corrected chi connectivity index (χ1v) is 9.16. The largest absolute Gasteiger partial charge is 0.492 e. The Labute approximate surface area is 135 Å². The predicted molar refractivity (Wildman–Crippen MR) is 83.6 cm³/mol. The molecule has 1 fully saturated rings. The van der Waals surface area contributed by atoms with Crippen molar-refractivity contribution in [1.82, 2.24) is 14.9 Å². The topological polar surface area (TPSA) is 94.3 Å². The highest BCUT2D eigenvalue weighted by Gasteiger charge is 2.29. The SMILES string of the molecule is Cc1ccc(OCCS(=O)(=O)NCc2noc(C3CC3)n2)cc1. The summed E-state index contributed by atoms with van der Waals surface area (Å²) < 4.78 is 36.8. The number of benzene rings is 1. The monoisotopic (exact) mass is 337 g/mol. The van der Waals surface area contributed by atoms with Crippen LogP contribution in [0.4, 0.5) is 0 Å². The molecular formula is C15H19N3O4S. The molecule has 8 heteroatoms. The van der Waals surface area contributed by atoms with Crippen molar-refractivity contribution in [3.05, 3.63) is 41.5 Å². The third-order valence-electron chi connectivity index (χ3n) is 3.50. The maximum absolute atomic E-state index is 11.9. The molecule has 0 atom stereocenters. The van der Waals surface area contributed by atoms with Gasteiger partial charge in [-0.25, -0.2) is 13.1 Å². The molecule has 7 nitrogen and oxygen atoms in total. The average Bonchev–Trinajstić information content (AvgIpc) is 3.26. The quantitative estimate of drug-likeness (QED) is 0.789. The van der Waals surface area contributed by atoms with Crippen LogP contribution in [-0.4, -0.2) is 30.9 Å². The Bertz CT molecular complexity index is 751. The lowest BCUT2D eigenvalue weighted by Gasteiger charge is -2.07. The molecule has 1 heterocycles. The van der Waals surface area contributed by atoms with Gasteiger partial charge in [-0.3, -0.25) is 0 Å². The van der Waals surface area contributed by atoms with Crippen molar-refractivity contribution >= 4 is 10.0 Å². The molecule has 1 aliphatic carbocycles. The van der Waals surface area contributed by atoms with Gasteiger partial charge in [0, 0.05) is 5.92 Å². The Hall–Kier alpha value is -1.93. The predicted octanol–water partition coefficient (Wildman–Crippen LogP) is 1.75. The number of rotatable bonds is 8. The van der Waals surface area contributed by atoms with E-state index in [4.69, 9.17) is 9.26 Å². The summed E-state index contributed by atoms with van der Waals surface area (Å²) >= 11 is 0. The van der Waals surface area contributed by atoms with Gasteiger partial charge in [0.1, 0.15) is 12.4 Å². The molecule has 0 bridgehead atoms. The van der Waals surface area contributed by atoms with Crippen LogP contribution in [0.25, 0.3) is 0 Å². The molecule has 0 radical (unpaired) electrons. The third-order valence-corrected chi connectivity index (χ3v) is 4.79. The number of nitrogens with one attached hydrogen (secondary N) is 1. The van der Waals surface area contributed by atoms with Gasteiger partial charge in [0.25, 0.3) is 0 Å². The van der Waals surface area contributed by atoms with E-state index in [2.05, 4.69) is 14.9 Å². The number of hydrogen-bond acceptors (Lipinski definition) is 6. The van der Waals surface area contributed by atoms with Crippen LogP contribution in [-0.2, 0) is 16.6 Å². The second-order valence-corrected chi connectivity index (χ2v) is 7.55. The van der Waals surface area contributed by atoms with E-state index in [0.29, 0.717) is 23.4 Å². The summed E-state index contributed by atoms with van der Waals surface area (Å²) in [6, 6.07) is 7.45. The minimum absolute atomic E-state index is 0.0308. The van der Waals surface area contributed by atoms with Gasteiger partial charge in [-0.2, -0.15) is 4.98 Å². The lowest BCUT2D eigenvalue weighted by atomic mass is 10.2. The van der Waals surface area contributed by atoms with E-state index in [0.717, 1.165) is 18.4 Å². The van der Waals surface area contributed by atoms with E-state index < -0.39 is 10.0 Å². The highest BCUT2D eigenvalue weighted by Crippen LogP contribution is 2.38. The second-order valence-electron chi connectivity index (χ2n) is 5.62. The smallest absolute Gasteiger partial charge is 0.229 e. The first-order valence-electron chi connectivity index (χ1n) is 7.51. The van der Waals surface area contributed by atoms with Gasteiger partial charge in [-0.15, -0.1) is 0 Å². The molecule has 23 heavy (non-hydrogen) atoms. The highest BCUT2D eigenvalue weighted by atomic mass is 32.2. The standard InChI is InChI=1S/C15H19N3O4S/c1-11-2-6-13(7-3-11)21-8-9-23(19,20)16-10-14-17-15(22-18-14)12-4-5-12/h2-3,6-7,12,16H,4-5,8-10H2,1H3. The lowest BCUT2D eigenvalue weighted by molar-refractivity contribution is 0.340. The third kappa shape index (κ3) is 4.77. The van der Waals surface area contributed by atoms with Crippen molar-refractivity contribution < 1.29 is 17.7 Å². The normalized spacial score (nSPS) is 14.8. The molecule has 0 aliphatic heterocycles. The van der Waals surface area contributed by atoms with Crippen LogP contribution >= 0.6 is 0 Å². The Kier molecular flexibility index (Phi) is 4.63. The number of aromatic nitrogens is 2. The first-order chi connectivity index (χ1) is 11.0. The van der Waals surface area contributed by atoms with Crippen LogP contribution in [0.15, 0.2) is 28.8 Å². The van der Waals surface area contributed by atoms with E-state index in [-0.39, 0.29) is 18.9 Å². The van der Waals surface area contributed by atoms with E-state index in [1.807, 2.05) is 31.2 Å². The van der Waals surface area contributed by atoms with Gasteiger partial charge in [0.15, 0.2) is 5.82 Å². The van der Waals surface area contributed by atoms with Gasteiger partial charge < -0.3 is 9.26 Å². The zero-order valence-electron chi connectivity index (χ0n) is 12.9. The number of ether oxygens (including phenoxy) is 1. The zero-order chi connectivity index (χ0) is 16.3. The minimum atomic E-state index is -3.45. The van der Waals surface area contributed by atoms with Crippen LogP contribution in [0.3, 0.4) is 0 Å². The Balaban J connectivity index is 1.43. The first kappa shape index (κ1) is 15.9. The summed E-state index contributed by atoms with van der Waals surface area (Å²) in [7, 11) is -3.45. The van der Waals surface area contributed by atoms with Gasteiger partial charge in [0.2, 0.25) is 15.9 Å². The van der Waals surface area contributed by atoms with E-state index in [9.17, 15) is 8.42 Å². The fraction of sp³-hybridized carbons (Fsp3) is 0.467. The molecule has 0 amide bonds. The average molecular weight is 337 g/mol. The molecular weight excluding hydrogens is 318 g/mol. The summed E-state index contributed by atoms with van der Waals surface area (Å²) in [5.41, 5.74) is 1.12. The van der Waals surface area contributed by atoms with E-state index in [1.165, 1.54) is 0 Å². The second kappa shape index (κ2) is 6.67. The molecule has 124 valence electrons. The van der Waals surface area contributed by atoms with Crippen molar-refractivity contribution in [3.8, 4) is 5.75 Å². The summed E-state index contributed by atoms with van der Waals surface area (Å²) in [4.78, 5) is 4.18. The molecule has 3 rings (SSSR count). The number of sulfonamides is 1. The van der Waals surface area contributed by atoms with Crippen LogP contribution in [0.1, 0.15) is 36.0 Å². The maximum Gasteiger partial charge on any atom is 0.229 e. The van der Waals surface area contributed by atoms with Crippen molar-refractivity contribution in [2.45, 2.75) is 32.2 Å². The van der Waals surface area contributed by atoms with Crippen LogP contribution in [0.2, 0.25) is 0 Å². The molecule has 0 saturated heterocycles. The van der Waals surface area contributed by atoms with Crippen LogP contribution in [0, 0.1) is 6.92 Å². The molecule has 0 spiro atoms. The molecule has 0 unspecified atom stereocenters. The Morgan fingerprint density at radius 1 is 1.30 bits per heavy atom. The zero-order valence-corrected chi connectivity index (χ0v) is 13.7. The van der Waals surface area contributed by atoms with Crippen LogP contribution in [0.5, 0.6) is 5.75 Å². The molecule has 1 saturated carbocycles. The number of hydrogen-bond donors (Lipinski definition) is 1. The maximum atomic E-state index is 11.9. The van der Waals surface area contributed by atoms with Crippen LogP contribution < -0.4 is 9.46 Å². The molecule has 1 N–H and O–H groups in total. The Morgan fingerprint density at radius 2 is 2.04 bits per heavy atom. The minimum Gasteiger partial charge on any atom is -0.492 e. The van der Waals surface area contributed by atoms with Gasteiger partial charge in [0.05, 0.1) is 12.3 Å². The molecule has 2 aromatic rings. The fourth-order valence-corrected chi connectivity index (χ4v) is 2.78. The summed E-state index contributed by atoms with van der Waals surface area (Å²) in [5.74, 6) is 1.83.